The molecule has 0 aliphatic heterocycles. The highest BCUT2D eigenvalue weighted by molar-refractivity contribution is 5.77. The Morgan fingerprint density at radius 3 is 2.86 bits per heavy atom. The highest BCUT2D eigenvalue weighted by atomic mass is 16.6. The second kappa shape index (κ2) is 4.89. The first-order valence-electron chi connectivity index (χ1n) is 6.25. The molecule has 3 rings (SSSR count). The van der Waals surface area contributed by atoms with E-state index >= 15 is 0 Å². The number of nitrogens with zero attached hydrogens (tertiary/aromatic N) is 3. The third-order valence-electron chi connectivity index (χ3n) is 3.18. The summed E-state index contributed by atoms with van der Waals surface area (Å²) in [6.07, 6.45) is 0. The Bertz CT molecular complexity index is 801. The normalized spacial score (nSPS) is 11.0. The number of fused-ring (bicyclic) bond motifs is 1. The van der Waals surface area contributed by atoms with Crippen molar-refractivity contribution in [2.45, 2.75) is 20.4 Å². The third-order valence-corrected chi connectivity index (χ3v) is 3.18. The average Bonchev–Trinajstić information content (AvgIpc) is 2.99. The minimum Gasteiger partial charge on any atom is -0.424 e. The van der Waals surface area contributed by atoms with Crippen LogP contribution in [0.15, 0.2) is 27.1 Å². The minimum atomic E-state index is -0.467. The molecule has 3 aromatic rings. The number of anilines is 1. The summed E-state index contributed by atoms with van der Waals surface area (Å²) in [6.45, 7) is 4.13. The van der Waals surface area contributed by atoms with Crippen LogP contribution in [0.5, 0.6) is 0 Å². The number of aromatic nitrogens is 2. The average molecular weight is 288 g/mol. The molecule has 2 aromatic heterocycles. The van der Waals surface area contributed by atoms with E-state index in [2.05, 4.69) is 15.5 Å². The van der Waals surface area contributed by atoms with Crippen LogP contribution in [0.2, 0.25) is 0 Å². The second-order valence-corrected chi connectivity index (χ2v) is 4.58. The van der Waals surface area contributed by atoms with E-state index in [4.69, 9.17) is 8.94 Å². The molecule has 0 saturated heterocycles. The summed E-state index contributed by atoms with van der Waals surface area (Å²) in [5.41, 5.74) is 2.63. The van der Waals surface area contributed by atoms with Gasteiger partial charge in [0.25, 0.3) is 11.7 Å². The molecule has 0 fully saturated rings. The Morgan fingerprint density at radius 2 is 2.19 bits per heavy atom. The van der Waals surface area contributed by atoms with Gasteiger partial charge in [0.05, 0.1) is 10.6 Å². The zero-order valence-corrected chi connectivity index (χ0v) is 11.4. The number of nitro groups is 1. The largest absolute Gasteiger partial charge is 0.424 e. The summed E-state index contributed by atoms with van der Waals surface area (Å²) in [4.78, 5) is 14.4. The van der Waals surface area contributed by atoms with Gasteiger partial charge >= 0.3 is 0 Å². The van der Waals surface area contributed by atoms with Crippen molar-refractivity contribution in [3.63, 3.8) is 0 Å². The van der Waals surface area contributed by atoms with E-state index in [-0.39, 0.29) is 5.69 Å². The zero-order chi connectivity index (χ0) is 15.0. The Morgan fingerprint density at radius 1 is 1.38 bits per heavy atom. The Kier molecular flexibility index (Phi) is 3.05. The van der Waals surface area contributed by atoms with Crippen LogP contribution in [0.1, 0.15) is 17.0 Å². The van der Waals surface area contributed by atoms with Crippen molar-refractivity contribution in [3.8, 4) is 0 Å². The summed E-state index contributed by atoms with van der Waals surface area (Å²) in [7, 11) is 0. The number of nitro benzene ring substituents is 1. The first kappa shape index (κ1) is 13.1. The van der Waals surface area contributed by atoms with E-state index in [1.54, 1.807) is 0 Å². The lowest BCUT2D eigenvalue weighted by Crippen LogP contribution is -2.01. The van der Waals surface area contributed by atoms with Gasteiger partial charge in [0.1, 0.15) is 11.3 Å². The number of rotatable bonds is 4. The SMILES string of the molecule is Cc1noc(C)c1CNc1nc2cc([N+](=O)[O-])ccc2o1. The van der Waals surface area contributed by atoms with E-state index in [1.165, 1.54) is 18.2 Å². The van der Waals surface area contributed by atoms with Crippen molar-refractivity contribution in [2.75, 3.05) is 5.32 Å². The molecule has 2 heterocycles. The molecule has 0 atom stereocenters. The first-order valence-corrected chi connectivity index (χ1v) is 6.25. The van der Waals surface area contributed by atoms with Crippen LogP contribution in [-0.2, 0) is 6.54 Å². The van der Waals surface area contributed by atoms with Gasteiger partial charge in [-0.2, -0.15) is 4.98 Å². The number of benzene rings is 1. The third kappa shape index (κ3) is 2.42. The number of oxazole rings is 1. The number of nitrogens with one attached hydrogen (secondary N) is 1. The molecule has 0 aliphatic rings. The summed E-state index contributed by atoms with van der Waals surface area (Å²) < 4.78 is 10.6. The van der Waals surface area contributed by atoms with Crippen molar-refractivity contribution >= 4 is 22.8 Å². The maximum atomic E-state index is 10.7. The fourth-order valence-electron chi connectivity index (χ4n) is 2.02. The molecule has 0 spiro atoms. The summed E-state index contributed by atoms with van der Waals surface area (Å²) >= 11 is 0. The van der Waals surface area contributed by atoms with E-state index in [9.17, 15) is 10.1 Å². The molecule has 0 unspecified atom stereocenters. The minimum absolute atomic E-state index is 0.0203. The topological polar surface area (TPSA) is 107 Å². The Labute approximate surface area is 118 Å². The van der Waals surface area contributed by atoms with Crippen LogP contribution in [0.3, 0.4) is 0 Å². The molecule has 0 radical (unpaired) electrons. The van der Waals surface area contributed by atoms with Crippen molar-refractivity contribution < 1.29 is 13.9 Å². The van der Waals surface area contributed by atoms with Crippen molar-refractivity contribution in [3.05, 3.63) is 45.3 Å². The van der Waals surface area contributed by atoms with Gasteiger partial charge in [0.15, 0.2) is 5.58 Å². The predicted octanol–water partition coefficient (Wildman–Crippen LogP) is 2.95. The van der Waals surface area contributed by atoms with E-state index in [0.29, 0.717) is 23.7 Å². The van der Waals surface area contributed by atoms with Gasteiger partial charge < -0.3 is 14.3 Å². The molecule has 0 aliphatic carbocycles. The molecule has 1 N–H and O–H groups in total. The highest BCUT2D eigenvalue weighted by Gasteiger charge is 2.13. The number of aryl methyl sites for hydroxylation is 2. The van der Waals surface area contributed by atoms with E-state index < -0.39 is 4.92 Å². The molecule has 8 heteroatoms. The van der Waals surface area contributed by atoms with Crippen LogP contribution >= 0.6 is 0 Å². The number of hydrogen-bond donors (Lipinski definition) is 1. The number of hydrogen-bond acceptors (Lipinski definition) is 7. The van der Waals surface area contributed by atoms with Crippen LogP contribution in [-0.4, -0.2) is 15.1 Å². The summed E-state index contributed by atoms with van der Waals surface area (Å²) in [5.74, 6) is 0.728. The highest BCUT2D eigenvalue weighted by Crippen LogP contribution is 2.24. The van der Waals surface area contributed by atoms with E-state index in [1.807, 2.05) is 13.8 Å². The lowest BCUT2D eigenvalue weighted by Gasteiger charge is -2.00. The lowest BCUT2D eigenvalue weighted by molar-refractivity contribution is -0.384. The zero-order valence-electron chi connectivity index (χ0n) is 11.4. The van der Waals surface area contributed by atoms with Crippen LogP contribution in [0.25, 0.3) is 11.1 Å². The Hall–Kier alpha value is -2.90. The molecule has 0 saturated carbocycles. The van der Waals surface area contributed by atoms with Gasteiger partial charge in [-0.15, -0.1) is 0 Å². The second-order valence-electron chi connectivity index (χ2n) is 4.58. The first-order chi connectivity index (χ1) is 10.0. The Balaban J connectivity index is 1.83. The van der Waals surface area contributed by atoms with Gasteiger partial charge in [-0.3, -0.25) is 10.1 Å². The predicted molar refractivity (Wildman–Crippen MR) is 74.0 cm³/mol. The lowest BCUT2D eigenvalue weighted by atomic mass is 10.2. The van der Waals surface area contributed by atoms with Crippen molar-refractivity contribution in [1.29, 1.82) is 0 Å². The quantitative estimate of drug-likeness (QED) is 0.580. The summed E-state index contributed by atoms with van der Waals surface area (Å²) in [6, 6.07) is 4.58. The molecular weight excluding hydrogens is 276 g/mol. The van der Waals surface area contributed by atoms with Gasteiger partial charge in [-0.05, 0) is 19.9 Å². The number of non-ortho nitro benzene ring substituents is 1. The van der Waals surface area contributed by atoms with Gasteiger partial charge in [0.2, 0.25) is 0 Å². The molecule has 8 nitrogen and oxygen atoms in total. The maximum absolute atomic E-state index is 10.7. The van der Waals surface area contributed by atoms with Crippen LogP contribution in [0.4, 0.5) is 11.7 Å². The van der Waals surface area contributed by atoms with Gasteiger partial charge in [-0.25, -0.2) is 0 Å². The molecule has 108 valence electrons. The van der Waals surface area contributed by atoms with E-state index in [0.717, 1.165) is 17.0 Å². The van der Waals surface area contributed by atoms with Crippen molar-refractivity contribution in [2.24, 2.45) is 0 Å². The van der Waals surface area contributed by atoms with Crippen LogP contribution in [0, 0.1) is 24.0 Å². The monoisotopic (exact) mass is 288 g/mol. The van der Waals surface area contributed by atoms with Crippen molar-refractivity contribution in [1.82, 2.24) is 10.1 Å². The van der Waals surface area contributed by atoms with Crippen LogP contribution < -0.4 is 5.32 Å². The smallest absolute Gasteiger partial charge is 0.295 e. The molecule has 0 amide bonds. The fraction of sp³-hybridized carbons (Fsp3) is 0.231. The van der Waals surface area contributed by atoms with Gasteiger partial charge in [0, 0.05) is 24.2 Å². The summed E-state index contributed by atoms with van der Waals surface area (Å²) in [5, 5.41) is 17.6. The molecular formula is C13H12N4O4. The maximum Gasteiger partial charge on any atom is 0.295 e. The molecule has 1 aromatic carbocycles. The van der Waals surface area contributed by atoms with Gasteiger partial charge in [-0.1, -0.05) is 5.16 Å². The molecule has 0 bridgehead atoms. The standard InChI is InChI=1S/C13H12N4O4/c1-7-10(8(2)21-16-7)6-14-13-15-11-5-9(17(18)19)3-4-12(11)20-13/h3-5H,6H2,1-2H3,(H,14,15). The fourth-order valence-corrected chi connectivity index (χ4v) is 2.02. The molecule has 21 heavy (non-hydrogen) atoms.